The van der Waals surface area contributed by atoms with Crippen LogP contribution in [0.5, 0.6) is 0 Å². The van der Waals surface area contributed by atoms with Crippen LogP contribution in [0.15, 0.2) is 30.3 Å². The summed E-state index contributed by atoms with van der Waals surface area (Å²) in [4.78, 5) is 13.3. The summed E-state index contributed by atoms with van der Waals surface area (Å²) in [5, 5.41) is 10.0. The number of aliphatic hydroxyl groups excluding tert-OH is 1. The van der Waals surface area contributed by atoms with E-state index in [1.807, 2.05) is 30.3 Å². The molecule has 1 aromatic carbocycles. The van der Waals surface area contributed by atoms with Crippen molar-refractivity contribution in [3.05, 3.63) is 35.9 Å². The molecule has 1 aromatic rings. The van der Waals surface area contributed by atoms with Crippen molar-refractivity contribution in [3.8, 4) is 12.3 Å². The Hall–Kier alpha value is -1.79. The smallest absolute Gasteiger partial charge is 0.224 e. The zero-order valence-electron chi connectivity index (χ0n) is 9.54. The molecule has 0 spiro atoms. The number of hydrogen-bond donors (Lipinski definition) is 1. The third kappa shape index (κ3) is 2.66. The van der Waals surface area contributed by atoms with Crippen LogP contribution in [-0.4, -0.2) is 29.0 Å². The van der Waals surface area contributed by atoms with Gasteiger partial charge in [0.15, 0.2) is 0 Å². The highest BCUT2D eigenvalue weighted by Crippen LogP contribution is 2.21. The number of carbonyl (C=O) groups is 1. The molecule has 17 heavy (non-hydrogen) atoms. The molecule has 0 saturated carbocycles. The van der Waals surface area contributed by atoms with Crippen molar-refractivity contribution in [2.45, 2.75) is 12.5 Å². The van der Waals surface area contributed by atoms with Crippen LogP contribution in [0.3, 0.4) is 0 Å². The molecule has 88 valence electrons. The van der Waals surface area contributed by atoms with Gasteiger partial charge in [0.2, 0.25) is 5.91 Å². The normalized spacial score (nSPS) is 21.3. The van der Waals surface area contributed by atoms with Crippen LogP contribution in [-0.2, 0) is 4.79 Å². The van der Waals surface area contributed by atoms with Gasteiger partial charge < -0.3 is 10.0 Å². The topological polar surface area (TPSA) is 40.5 Å². The number of carbonyl (C=O) groups excluding carboxylic acids is 1. The molecule has 1 fully saturated rings. The van der Waals surface area contributed by atoms with Crippen LogP contribution in [0, 0.1) is 18.3 Å². The van der Waals surface area contributed by atoms with Gasteiger partial charge in [-0.05, 0) is 5.56 Å². The minimum Gasteiger partial charge on any atom is -0.387 e. The molecule has 1 saturated heterocycles. The highest BCUT2D eigenvalue weighted by Gasteiger charge is 2.29. The number of hydrogen-bond acceptors (Lipinski definition) is 2. The summed E-state index contributed by atoms with van der Waals surface area (Å²) in [5.74, 6) is 2.61. The van der Waals surface area contributed by atoms with Crippen LogP contribution in [0.1, 0.15) is 18.1 Å². The minimum absolute atomic E-state index is 0.00882. The van der Waals surface area contributed by atoms with Gasteiger partial charge in [-0.15, -0.1) is 12.3 Å². The number of amides is 1. The van der Waals surface area contributed by atoms with Gasteiger partial charge in [-0.2, -0.15) is 0 Å². The highest BCUT2D eigenvalue weighted by molar-refractivity contribution is 5.79. The number of terminal acetylenes is 1. The molecule has 0 aromatic heterocycles. The van der Waals surface area contributed by atoms with Crippen molar-refractivity contribution in [1.29, 1.82) is 0 Å². The first kappa shape index (κ1) is 11.7. The Kier molecular flexibility index (Phi) is 3.46. The van der Waals surface area contributed by atoms with Gasteiger partial charge in [-0.25, -0.2) is 0 Å². The lowest BCUT2D eigenvalue weighted by Crippen LogP contribution is -2.30. The second-order valence-electron chi connectivity index (χ2n) is 4.29. The number of benzene rings is 1. The standard InChI is InChI=1S/C14H15NO2/c1-2-11-8-14(17)15(9-11)10-13(16)12-6-4-3-5-7-12/h1,3-7,11,13,16H,8-10H2/t11?,13-/m1/s1. The van der Waals surface area contributed by atoms with E-state index in [0.717, 1.165) is 5.56 Å². The summed E-state index contributed by atoms with van der Waals surface area (Å²) in [7, 11) is 0. The molecule has 2 rings (SSSR count). The van der Waals surface area contributed by atoms with Gasteiger partial charge in [-0.1, -0.05) is 30.3 Å². The van der Waals surface area contributed by atoms with E-state index in [0.29, 0.717) is 19.5 Å². The molecule has 0 aliphatic carbocycles. The lowest BCUT2D eigenvalue weighted by molar-refractivity contribution is -0.128. The molecule has 3 heteroatoms. The molecular weight excluding hydrogens is 214 g/mol. The first-order valence-electron chi connectivity index (χ1n) is 5.67. The van der Waals surface area contributed by atoms with Crippen LogP contribution in [0.2, 0.25) is 0 Å². The van der Waals surface area contributed by atoms with E-state index in [1.54, 1.807) is 4.90 Å². The van der Waals surface area contributed by atoms with Crippen LogP contribution < -0.4 is 0 Å². The van der Waals surface area contributed by atoms with E-state index in [2.05, 4.69) is 5.92 Å². The lowest BCUT2D eigenvalue weighted by Gasteiger charge is -2.20. The third-order valence-electron chi connectivity index (χ3n) is 3.03. The minimum atomic E-state index is -0.642. The van der Waals surface area contributed by atoms with Crippen LogP contribution in [0.4, 0.5) is 0 Å². The zero-order valence-corrected chi connectivity index (χ0v) is 9.54. The second kappa shape index (κ2) is 5.03. The quantitative estimate of drug-likeness (QED) is 0.791. The summed E-state index contributed by atoms with van der Waals surface area (Å²) in [6, 6.07) is 9.34. The Labute approximate surface area is 101 Å². The van der Waals surface area contributed by atoms with Crippen molar-refractivity contribution in [3.63, 3.8) is 0 Å². The van der Waals surface area contributed by atoms with Gasteiger partial charge >= 0.3 is 0 Å². The maximum absolute atomic E-state index is 11.6. The predicted octanol–water partition coefficient (Wildman–Crippen LogP) is 1.20. The van der Waals surface area contributed by atoms with Crippen molar-refractivity contribution in [2.24, 2.45) is 5.92 Å². The summed E-state index contributed by atoms with van der Waals surface area (Å²) in [6.45, 7) is 0.875. The number of aliphatic hydroxyl groups is 1. The number of likely N-dealkylation sites (tertiary alicyclic amines) is 1. The Morgan fingerprint density at radius 1 is 1.47 bits per heavy atom. The number of rotatable bonds is 3. The molecule has 1 unspecified atom stereocenters. The van der Waals surface area contributed by atoms with Crippen molar-refractivity contribution < 1.29 is 9.90 Å². The van der Waals surface area contributed by atoms with Crippen LogP contribution >= 0.6 is 0 Å². The molecule has 1 aliphatic heterocycles. The summed E-state index contributed by atoms with van der Waals surface area (Å²) < 4.78 is 0. The number of β-amino-alcohol motifs (C(OH)–C–C–N with tert-alkyl or cyclic N) is 1. The first-order valence-corrected chi connectivity index (χ1v) is 5.67. The second-order valence-corrected chi connectivity index (χ2v) is 4.29. The van der Waals surface area contributed by atoms with Gasteiger partial charge in [-0.3, -0.25) is 4.79 Å². The fourth-order valence-electron chi connectivity index (χ4n) is 2.05. The fourth-order valence-corrected chi connectivity index (χ4v) is 2.05. The van der Waals surface area contributed by atoms with Gasteiger partial charge in [0.05, 0.1) is 12.6 Å². The van der Waals surface area contributed by atoms with E-state index in [1.165, 1.54) is 0 Å². The highest BCUT2D eigenvalue weighted by atomic mass is 16.3. The van der Waals surface area contributed by atoms with Crippen molar-refractivity contribution in [1.82, 2.24) is 4.90 Å². The molecule has 3 nitrogen and oxygen atoms in total. The van der Waals surface area contributed by atoms with Crippen molar-refractivity contribution in [2.75, 3.05) is 13.1 Å². The largest absolute Gasteiger partial charge is 0.387 e. The average molecular weight is 229 g/mol. The van der Waals surface area contributed by atoms with E-state index in [4.69, 9.17) is 6.42 Å². The van der Waals surface area contributed by atoms with Gasteiger partial charge in [0, 0.05) is 18.9 Å². The summed E-state index contributed by atoms with van der Waals surface area (Å²) in [6.07, 6.45) is 5.07. The predicted molar refractivity (Wildman–Crippen MR) is 64.9 cm³/mol. The van der Waals surface area contributed by atoms with E-state index < -0.39 is 6.10 Å². The summed E-state index contributed by atoms with van der Waals surface area (Å²) in [5.41, 5.74) is 0.824. The van der Waals surface area contributed by atoms with Crippen LogP contribution in [0.25, 0.3) is 0 Å². The Balaban J connectivity index is 1.98. The summed E-state index contributed by atoms with van der Waals surface area (Å²) >= 11 is 0. The molecule has 2 atom stereocenters. The molecule has 0 bridgehead atoms. The Morgan fingerprint density at radius 2 is 2.18 bits per heavy atom. The maximum Gasteiger partial charge on any atom is 0.224 e. The molecule has 1 amide bonds. The van der Waals surface area contributed by atoms with Gasteiger partial charge in [0.25, 0.3) is 0 Å². The van der Waals surface area contributed by atoms with Crippen molar-refractivity contribution >= 4 is 5.91 Å². The number of nitrogens with zero attached hydrogens (tertiary/aromatic N) is 1. The third-order valence-corrected chi connectivity index (χ3v) is 3.03. The average Bonchev–Trinajstić information content (AvgIpc) is 2.71. The molecule has 1 aliphatic rings. The van der Waals surface area contributed by atoms with E-state index in [9.17, 15) is 9.90 Å². The zero-order chi connectivity index (χ0) is 12.3. The Morgan fingerprint density at radius 3 is 2.76 bits per heavy atom. The molecular formula is C14H15NO2. The SMILES string of the molecule is C#CC1CC(=O)N(C[C@@H](O)c2ccccc2)C1. The Bertz CT molecular complexity index is 435. The van der Waals surface area contributed by atoms with E-state index in [-0.39, 0.29) is 11.8 Å². The maximum atomic E-state index is 11.6. The monoisotopic (exact) mass is 229 g/mol. The lowest BCUT2D eigenvalue weighted by atomic mass is 10.1. The van der Waals surface area contributed by atoms with E-state index >= 15 is 0 Å². The molecule has 1 N–H and O–H groups in total. The first-order chi connectivity index (χ1) is 8.20. The molecule has 1 heterocycles. The fraction of sp³-hybridized carbons (Fsp3) is 0.357. The van der Waals surface area contributed by atoms with Gasteiger partial charge in [0.1, 0.15) is 0 Å². The molecule has 0 radical (unpaired) electrons.